The Morgan fingerprint density at radius 1 is 1.23 bits per heavy atom. The third-order valence-electron chi connectivity index (χ3n) is 4.45. The molecule has 0 unspecified atom stereocenters. The number of nitrogens with one attached hydrogen (secondary N) is 1. The van der Waals surface area contributed by atoms with Gasteiger partial charge in [-0.1, -0.05) is 28.9 Å². The molecule has 1 amide bonds. The topological polar surface area (TPSA) is 103 Å². The molecular formula is C20H17ClN4O4S. The zero-order valence-electron chi connectivity index (χ0n) is 15.9. The van der Waals surface area contributed by atoms with Gasteiger partial charge in [-0.05, 0) is 48.6 Å². The van der Waals surface area contributed by atoms with Gasteiger partial charge in [0.1, 0.15) is 0 Å². The van der Waals surface area contributed by atoms with Gasteiger partial charge >= 0.3 is 17.6 Å². The number of carbonyl (C=O) groups excluding carboxylic acids is 1. The molecule has 0 aliphatic heterocycles. The van der Waals surface area contributed by atoms with Crippen LogP contribution in [0.2, 0.25) is 5.02 Å². The highest BCUT2D eigenvalue weighted by molar-refractivity contribution is 7.98. The van der Waals surface area contributed by atoms with Crippen LogP contribution in [0.15, 0.2) is 61.1 Å². The molecule has 0 fully saturated rings. The summed E-state index contributed by atoms with van der Waals surface area (Å²) in [6.07, 6.45) is 2.70. The molecule has 0 saturated heterocycles. The summed E-state index contributed by atoms with van der Waals surface area (Å²) in [4.78, 5) is 29.6. The van der Waals surface area contributed by atoms with Crippen LogP contribution in [-0.4, -0.2) is 33.4 Å². The predicted octanol–water partition coefficient (Wildman–Crippen LogP) is 3.37. The highest BCUT2D eigenvalue weighted by Gasteiger charge is 2.17. The van der Waals surface area contributed by atoms with E-state index in [9.17, 15) is 9.59 Å². The van der Waals surface area contributed by atoms with Gasteiger partial charge in [0.25, 0.3) is 0 Å². The third kappa shape index (κ3) is 4.42. The lowest BCUT2D eigenvalue weighted by Crippen LogP contribution is -2.26. The number of carbonyl (C=O) groups is 1. The fourth-order valence-electron chi connectivity index (χ4n) is 2.93. The number of nitrogens with zero attached hydrogens (tertiary/aromatic N) is 3. The van der Waals surface area contributed by atoms with Gasteiger partial charge in [0, 0.05) is 16.5 Å². The number of halogens is 1. The van der Waals surface area contributed by atoms with Crippen LogP contribution in [0.25, 0.3) is 11.1 Å². The Bertz CT molecular complexity index is 1250. The van der Waals surface area contributed by atoms with E-state index in [0.29, 0.717) is 29.1 Å². The number of fused-ring (bicyclic) bond motifs is 1. The third-order valence-corrected chi connectivity index (χ3v) is 5.43. The molecule has 10 heteroatoms. The molecule has 1 N–H and O–H groups in total. The van der Waals surface area contributed by atoms with Crippen LogP contribution in [0.3, 0.4) is 0 Å². The molecule has 0 aliphatic rings. The molecule has 0 radical (unpaired) electrons. The number of rotatable bonds is 7. The standard InChI is InChI=1S/C20H17ClN4O4S/c1-30-14-5-2-12(3-6-14)8-9-22-18(26)19-23-17(24-29-19)11-25-15-10-13(21)4-7-16(15)28-20(25)27/h2-7,10H,8-9,11H2,1H3,(H,22,26). The monoisotopic (exact) mass is 444 g/mol. The minimum absolute atomic E-state index is 0.00918. The molecule has 8 nitrogen and oxygen atoms in total. The maximum atomic E-state index is 12.3. The fraction of sp³-hybridized carbons (Fsp3) is 0.200. The Hall–Kier alpha value is -3.04. The summed E-state index contributed by atoms with van der Waals surface area (Å²) in [7, 11) is 0. The van der Waals surface area contributed by atoms with Gasteiger partial charge in [-0.15, -0.1) is 11.8 Å². The van der Waals surface area contributed by atoms with Gasteiger partial charge in [-0.25, -0.2) is 4.79 Å². The Kier molecular flexibility index (Phi) is 5.91. The Morgan fingerprint density at radius 3 is 2.80 bits per heavy atom. The van der Waals surface area contributed by atoms with Crippen molar-refractivity contribution in [1.82, 2.24) is 20.0 Å². The summed E-state index contributed by atoms with van der Waals surface area (Å²) in [5.41, 5.74) is 2.02. The molecule has 30 heavy (non-hydrogen) atoms. The van der Waals surface area contributed by atoms with Crippen molar-refractivity contribution in [2.45, 2.75) is 17.9 Å². The van der Waals surface area contributed by atoms with E-state index in [1.807, 2.05) is 30.5 Å². The minimum Gasteiger partial charge on any atom is -0.408 e. The quantitative estimate of drug-likeness (QED) is 0.436. The van der Waals surface area contributed by atoms with Crippen LogP contribution in [0.1, 0.15) is 22.1 Å². The summed E-state index contributed by atoms with van der Waals surface area (Å²) in [6, 6.07) is 13.0. The normalized spacial score (nSPS) is 11.1. The number of hydrogen-bond donors (Lipinski definition) is 1. The molecule has 4 aromatic rings. The molecule has 2 aromatic heterocycles. The first-order valence-electron chi connectivity index (χ1n) is 9.06. The van der Waals surface area contributed by atoms with Crippen molar-refractivity contribution in [1.29, 1.82) is 0 Å². The van der Waals surface area contributed by atoms with Crippen molar-refractivity contribution in [3.63, 3.8) is 0 Å². The number of oxazole rings is 1. The van der Waals surface area contributed by atoms with Gasteiger partial charge in [0.2, 0.25) is 0 Å². The Balaban J connectivity index is 1.39. The highest BCUT2D eigenvalue weighted by atomic mass is 35.5. The molecule has 0 saturated carbocycles. The first-order valence-corrected chi connectivity index (χ1v) is 10.7. The largest absolute Gasteiger partial charge is 0.420 e. The van der Waals surface area contributed by atoms with Gasteiger partial charge in [0.15, 0.2) is 11.4 Å². The molecular weight excluding hydrogens is 428 g/mol. The van der Waals surface area contributed by atoms with Crippen LogP contribution >= 0.6 is 23.4 Å². The van der Waals surface area contributed by atoms with E-state index in [4.69, 9.17) is 20.5 Å². The molecule has 0 aliphatic carbocycles. The van der Waals surface area contributed by atoms with E-state index in [-0.39, 0.29) is 18.3 Å². The first kappa shape index (κ1) is 20.2. The van der Waals surface area contributed by atoms with E-state index in [1.54, 1.807) is 30.0 Å². The first-order chi connectivity index (χ1) is 14.5. The second-order valence-corrected chi connectivity index (χ2v) is 7.75. The summed E-state index contributed by atoms with van der Waals surface area (Å²) in [5.74, 6) is -1.03. The summed E-state index contributed by atoms with van der Waals surface area (Å²) in [5, 5.41) is 7.00. The number of thioether (sulfide) groups is 1. The molecule has 0 spiro atoms. The number of amides is 1. The van der Waals surface area contributed by atoms with Crippen LogP contribution in [-0.2, 0) is 13.0 Å². The van der Waals surface area contributed by atoms with Crippen molar-refractivity contribution in [2.24, 2.45) is 0 Å². The van der Waals surface area contributed by atoms with Crippen LogP contribution in [0.5, 0.6) is 0 Å². The number of benzene rings is 2. The van der Waals surface area contributed by atoms with Crippen molar-refractivity contribution in [3.05, 3.63) is 75.3 Å². The minimum atomic E-state index is -0.574. The second-order valence-electron chi connectivity index (χ2n) is 6.44. The van der Waals surface area contributed by atoms with Crippen molar-refractivity contribution < 1.29 is 13.7 Å². The molecule has 0 atom stereocenters. The van der Waals surface area contributed by atoms with Crippen molar-refractivity contribution in [2.75, 3.05) is 12.8 Å². The van der Waals surface area contributed by atoms with Crippen molar-refractivity contribution >= 4 is 40.4 Å². The predicted molar refractivity (Wildman–Crippen MR) is 113 cm³/mol. The Morgan fingerprint density at radius 2 is 2.03 bits per heavy atom. The molecule has 0 bridgehead atoms. The average molecular weight is 445 g/mol. The maximum Gasteiger partial charge on any atom is 0.420 e. The summed E-state index contributed by atoms with van der Waals surface area (Å²) in [6.45, 7) is 0.421. The lowest BCUT2D eigenvalue weighted by atomic mass is 10.1. The van der Waals surface area contributed by atoms with Gasteiger partial charge in [-0.3, -0.25) is 9.36 Å². The number of hydrogen-bond acceptors (Lipinski definition) is 7. The highest BCUT2D eigenvalue weighted by Crippen LogP contribution is 2.19. The summed E-state index contributed by atoms with van der Waals surface area (Å²) >= 11 is 7.67. The van der Waals surface area contributed by atoms with Gasteiger partial charge < -0.3 is 14.3 Å². The average Bonchev–Trinajstić information content (AvgIpc) is 3.34. The molecule has 4 rings (SSSR count). The van der Waals surface area contributed by atoms with E-state index in [1.165, 1.54) is 9.46 Å². The van der Waals surface area contributed by atoms with E-state index >= 15 is 0 Å². The van der Waals surface area contributed by atoms with Crippen molar-refractivity contribution in [3.8, 4) is 0 Å². The molecule has 154 valence electrons. The SMILES string of the molecule is CSc1ccc(CCNC(=O)c2nc(Cn3c(=O)oc4ccc(Cl)cc43)no2)cc1. The Labute approximate surface area is 180 Å². The maximum absolute atomic E-state index is 12.3. The smallest absolute Gasteiger partial charge is 0.408 e. The van der Waals surface area contributed by atoms with Gasteiger partial charge in [-0.2, -0.15) is 4.98 Å². The van der Waals surface area contributed by atoms with E-state index < -0.39 is 11.7 Å². The lowest BCUT2D eigenvalue weighted by Gasteiger charge is -2.03. The van der Waals surface area contributed by atoms with E-state index in [0.717, 1.165) is 5.56 Å². The fourth-order valence-corrected chi connectivity index (χ4v) is 3.50. The van der Waals surface area contributed by atoms with Crippen LogP contribution in [0, 0.1) is 0 Å². The molecule has 2 heterocycles. The lowest BCUT2D eigenvalue weighted by molar-refractivity contribution is 0.0910. The number of aromatic nitrogens is 3. The van der Waals surface area contributed by atoms with Crippen LogP contribution < -0.4 is 11.1 Å². The second kappa shape index (κ2) is 8.76. The molecule has 2 aromatic carbocycles. The van der Waals surface area contributed by atoms with Crippen LogP contribution in [0.4, 0.5) is 0 Å². The zero-order valence-corrected chi connectivity index (χ0v) is 17.5. The van der Waals surface area contributed by atoms with E-state index in [2.05, 4.69) is 15.5 Å². The summed E-state index contributed by atoms with van der Waals surface area (Å²) < 4.78 is 11.5. The zero-order chi connectivity index (χ0) is 21.1. The van der Waals surface area contributed by atoms with Gasteiger partial charge in [0.05, 0.1) is 12.1 Å².